The van der Waals surface area contributed by atoms with Gasteiger partial charge in [0, 0.05) is 45.7 Å². The molecule has 1 saturated heterocycles. The van der Waals surface area contributed by atoms with Crippen LogP contribution in [0.1, 0.15) is 17.3 Å². The van der Waals surface area contributed by atoms with E-state index in [2.05, 4.69) is 20.7 Å². The van der Waals surface area contributed by atoms with Crippen LogP contribution in [0.4, 0.5) is 0 Å². The minimum atomic E-state index is -0.462. The molecule has 2 heterocycles. The van der Waals surface area contributed by atoms with Crippen molar-refractivity contribution >= 4 is 28.8 Å². The standard InChI is InChI=1S/C16H20N6O3/c1-10(23)21-5-6-22(9-12(8-21)15(24)17-2)16(25)11-3-4-13-14(7-11)19-20-18-13/h3-4,7,12H,5-6,8-9H2,1-2H3,(H,17,24)(H,18,19,20)/t12-/m1/s1. The molecule has 0 saturated carbocycles. The Morgan fingerprint density at radius 2 is 1.80 bits per heavy atom. The predicted molar refractivity (Wildman–Crippen MR) is 89.6 cm³/mol. The second kappa shape index (κ2) is 6.88. The van der Waals surface area contributed by atoms with Gasteiger partial charge in [0.05, 0.1) is 5.92 Å². The van der Waals surface area contributed by atoms with Crippen molar-refractivity contribution in [3.8, 4) is 0 Å². The highest BCUT2D eigenvalue weighted by Gasteiger charge is 2.31. The molecule has 132 valence electrons. The van der Waals surface area contributed by atoms with E-state index < -0.39 is 5.92 Å². The first-order valence-electron chi connectivity index (χ1n) is 8.06. The second-order valence-electron chi connectivity index (χ2n) is 6.05. The molecule has 1 atom stereocenters. The molecule has 9 nitrogen and oxygen atoms in total. The zero-order valence-corrected chi connectivity index (χ0v) is 14.2. The largest absolute Gasteiger partial charge is 0.359 e. The first-order valence-corrected chi connectivity index (χ1v) is 8.06. The molecule has 25 heavy (non-hydrogen) atoms. The number of carbonyl (C=O) groups is 3. The summed E-state index contributed by atoms with van der Waals surface area (Å²) >= 11 is 0. The number of hydrogen-bond donors (Lipinski definition) is 2. The molecule has 3 rings (SSSR count). The topological polar surface area (TPSA) is 111 Å². The summed E-state index contributed by atoms with van der Waals surface area (Å²) < 4.78 is 0. The van der Waals surface area contributed by atoms with E-state index in [1.54, 1.807) is 35.0 Å². The maximum Gasteiger partial charge on any atom is 0.254 e. The number of aromatic amines is 1. The number of nitrogens with zero attached hydrogens (tertiary/aromatic N) is 4. The lowest BCUT2D eigenvalue weighted by atomic mass is 10.1. The summed E-state index contributed by atoms with van der Waals surface area (Å²) in [5, 5.41) is 13.1. The van der Waals surface area contributed by atoms with Crippen molar-refractivity contribution in [3.05, 3.63) is 23.8 Å². The number of hydrogen-bond acceptors (Lipinski definition) is 5. The maximum absolute atomic E-state index is 12.9. The van der Waals surface area contributed by atoms with Gasteiger partial charge in [-0.15, -0.1) is 0 Å². The molecule has 0 aliphatic carbocycles. The number of aromatic nitrogens is 3. The van der Waals surface area contributed by atoms with Gasteiger partial charge in [-0.25, -0.2) is 0 Å². The Balaban J connectivity index is 1.84. The molecule has 2 N–H and O–H groups in total. The van der Waals surface area contributed by atoms with Crippen LogP contribution in [0.3, 0.4) is 0 Å². The Labute approximate surface area is 144 Å². The quantitative estimate of drug-likeness (QED) is 0.772. The van der Waals surface area contributed by atoms with Crippen molar-refractivity contribution in [3.63, 3.8) is 0 Å². The first kappa shape index (κ1) is 16.9. The third kappa shape index (κ3) is 3.44. The fourth-order valence-electron chi connectivity index (χ4n) is 3.01. The average molecular weight is 344 g/mol. The molecule has 3 amide bonds. The van der Waals surface area contributed by atoms with E-state index in [-0.39, 0.29) is 24.3 Å². The highest BCUT2D eigenvalue weighted by atomic mass is 16.2. The van der Waals surface area contributed by atoms with Crippen molar-refractivity contribution in [2.45, 2.75) is 6.92 Å². The average Bonchev–Trinajstić information content (AvgIpc) is 2.96. The number of rotatable bonds is 2. The predicted octanol–water partition coefficient (Wildman–Crippen LogP) is -0.376. The lowest BCUT2D eigenvalue weighted by Gasteiger charge is -2.23. The van der Waals surface area contributed by atoms with Gasteiger partial charge >= 0.3 is 0 Å². The molecule has 1 aliphatic rings. The lowest BCUT2D eigenvalue weighted by molar-refractivity contribution is -0.130. The van der Waals surface area contributed by atoms with Gasteiger partial charge in [-0.2, -0.15) is 15.4 Å². The van der Waals surface area contributed by atoms with E-state index in [0.29, 0.717) is 36.2 Å². The Kier molecular flexibility index (Phi) is 4.64. The summed E-state index contributed by atoms with van der Waals surface area (Å²) in [6, 6.07) is 5.08. The van der Waals surface area contributed by atoms with Gasteiger partial charge in [-0.1, -0.05) is 0 Å². The van der Waals surface area contributed by atoms with E-state index >= 15 is 0 Å². The van der Waals surface area contributed by atoms with Crippen molar-refractivity contribution in [2.75, 3.05) is 33.2 Å². The summed E-state index contributed by atoms with van der Waals surface area (Å²) in [6.45, 7) is 2.82. The Morgan fingerprint density at radius 1 is 1.12 bits per heavy atom. The van der Waals surface area contributed by atoms with Crippen LogP contribution in [-0.4, -0.2) is 76.2 Å². The van der Waals surface area contributed by atoms with E-state index in [0.717, 1.165) is 0 Å². The lowest BCUT2D eigenvalue weighted by Crippen LogP contribution is -2.42. The minimum absolute atomic E-state index is 0.104. The molecular formula is C16H20N6O3. The van der Waals surface area contributed by atoms with E-state index in [1.807, 2.05) is 0 Å². The van der Waals surface area contributed by atoms with Gasteiger partial charge in [0.1, 0.15) is 11.0 Å². The minimum Gasteiger partial charge on any atom is -0.359 e. The van der Waals surface area contributed by atoms with Crippen LogP contribution in [0.25, 0.3) is 11.0 Å². The van der Waals surface area contributed by atoms with Crippen LogP contribution in [0.5, 0.6) is 0 Å². The number of carbonyl (C=O) groups excluding carboxylic acids is 3. The maximum atomic E-state index is 12.9. The SMILES string of the molecule is CNC(=O)[C@@H]1CN(C(C)=O)CCN(C(=O)c2ccc3n[nH]nc3c2)C1. The van der Waals surface area contributed by atoms with Crippen LogP contribution in [0, 0.1) is 5.92 Å². The highest BCUT2D eigenvalue weighted by Crippen LogP contribution is 2.16. The number of nitrogens with one attached hydrogen (secondary N) is 2. The third-order valence-electron chi connectivity index (χ3n) is 4.43. The molecule has 1 aromatic carbocycles. The van der Waals surface area contributed by atoms with E-state index in [9.17, 15) is 14.4 Å². The van der Waals surface area contributed by atoms with Crippen molar-refractivity contribution in [1.82, 2.24) is 30.5 Å². The van der Waals surface area contributed by atoms with Crippen molar-refractivity contribution < 1.29 is 14.4 Å². The molecule has 0 spiro atoms. The molecule has 2 aromatic rings. The Bertz CT molecular complexity index is 817. The molecule has 0 unspecified atom stereocenters. The number of amides is 3. The van der Waals surface area contributed by atoms with E-state index in [1.165, 1.54) is 6.92 Å². The molecule has 0 radical (unpaired) electrons. The van der Waals surface area contributed by atoms with Crippen molar-refractivity contribution in [2.24, 2.45) is 5.92 Å². The second-order valence-corrected chi connectivity index (χ2v) is 6.05. The molecule has 1 aliphatic heterocycles. The van der Waals surface area contributed by atoms with Crippen LogP contribution >= 0.6 is 0 Å². The zero-order chi connectivity index (χ0) is 18.0. The van der Waals surface area contributed by atoms with Gasteiger partial charge < -0.3 is 15.1 Å². The van der Waals surface area contributed by atoms with E-state index in [4.69, 9.17) is 0 Å². The number of fused-ring (bicyclic) bond motifs is 1. The number of H-pyrrole nitrogens is 1. The monoisotopic (exact) mass is 344 g/mol. The van der Waals surface area contributed by atoms with Crippen LogP contribution in [0.2, 0.25) is 0 Å². The third-order valence-corrected chi connectivity index (χ3v) is 4.43. The van der Waals surface area contributed by atoms with Crippen molar-refractivity contribution in [1.29, 1.82) is 0 Å². The molecule has 1 fully saturated rings. The summed E-state index contributed by atoms with van der Waals surface area (Å²) in [6.07, 6.45) is 0. The van der Waals surface area contributed by atoms with Crippen LogP contribution in [0.15, 0.2) is 18.2 Å². The summed E-state index contributed by atoms with van der Waals surface area (Å²) in [4.78, 5) is 40.0. The molecule has 9 heteroatoms. The fourth-order valence-corrected chi connectivity index (χ4v) is 3.01. The van der Waals surface area contributed by atoms with Gasteiger partial charge in [0.25, 0.3) is 5.91 Å². The summed E-state index contributed by atoms with van der Waals surface area (Å²) in [7, 11) is 1.55. The zero-order valence-electron chi connectivity index (χ0n) is 14.2. The Hall–Kier alpha value is -2.97. The van der Waals surface area contributed by atoms with Gasteiger partial charge in [0.2, 0.25) is 11.8 Å². The molecule has 1 aromatic heterocycles. The summed E-state index contributed by atoms with van der Waals surface area (Å²) in [5.74, 6) is -0.939. The van der Waals surface area contributed by atoms with Gasteiger partial charge in [0.15, 0.2) is 0 Å². The highest BCUT2D eigenvalue weighted by molar-refractivity contribution is 5.97. The molecule has 0 bridgehead atoms. The molecular weight excluding hydrogens is 324 g/mol. The van der Waals surface area contributed by atoms with Gasteiger partial charge in [-0.3, -0.25) is 14.4 Å². The van der Waals surface area contributed by atoms with Gasteiger partial charge in [-0.05, 0) is 18.2 Å². The smallest absolute Gasteiger partial charge is 0.254 e. The normalized spacial score (nSPS) is 18.1. The first-order chi connectivity index (χ1) is 12.0. The summed E-state index contributed by atoms with van der Waals surface area (Å²) in [5.41, 5.74) is 1.76. The van der Waals surface area contributed by atoms with Crippen LogP contribution < -0.4 is 5.32 Å². The number of benzene rings is 1. The van der Waals surface area contributed by atoms with Crippen LogP contribution in [-0.2, 0) is 9.59 Å². The fraction of sp³-hybridized carbons (Fsp3) is 0.438. The Morgan fingerprint density at radius 3 is 2.52 bits per heavy atom.